The van der Waals surface area contributed by atoms with Crippen molar-refractivity contribution in [2.45, 2.75) is 19.8 Å². The normalized spacial score (nSPS) is 11.7. The van der Waals surface area contributed by atoms with Crippen molar-refractivity contribution in [1.82, 2.24) is 14.1 Å². The number of benzene rings is 2. The van der Waals surface area contributed by atoms with Crippen molar-refractivity contribution in [1.29, 1.82) is 0 Å². The average molecular weight is 445 g/mol. The van der Waals surface area contributed by atoms with E-state index in [9.17, 15) is 23.1 Å². The molecule has 0 unspecified atom stereocenters. The Bertz CT molecular complexity index is 1340. The van der Waals surface area contributed by atoms with Gasteiger partial charge >= 0.3 is 12.1 Å². The second-order valence-electron chi connectivity index (χ2n) is 7.01. The lowest BCUT2D eigenvalue weighted by Crippen LogP contribution is -2.24. The molecule has 0 atom stereocenters. The minimum absolute atomic E-state index is 0.159. The van der Waals surface area contributed by atoms with E-state index in [1.165, 1.54) is 16.7 Å². The van der Waals surface area contributed by atoms with Crippen LogP contribution in [0.3, 0.4) is 0 Å². The van der Waals surface area contributed by atoms with E-state index in [4.69, 9.17) is 4.74 Å². The zero-order valence-electron chi connectivity index (χ0n) is 17.1. The van der Waals surface area contributed by atoms with Gasteiger partial charge in [-0.2, -0.15) is 0 Å². The molecule has 0 radical (unpaired) electrons. The van der Waals surface area contributed by atoms with Gasteiger partial charge in [0.25, 0.3) is 0 Å². The number of imidazole rings is 1. The summed E-state index contributed by atoms with van der Waals surface area (Å²) in [5.74, 6) is -0.0830. The van der Waals surface area contributed by atoms with Crippen LogP contribution >= 0.6 is 0 Å². The lowest BCUT2D eigenvalue weighted by molar-refractivity contribution is -0.274. The van der Waals surface area contributed by atoms with Crippen molar-refractivity contribution >= 4 is 10.9 Å². The van der Waals surface area contributed by atoms with E-state index in [0.717, 1.165) is 27.6 Å². The highest BCUT2D eigenvalue weighted by molar-refractivity contribution is 5.83. The molecule has 0 aliphatic heterocycles. The first kappa shape index (κ1) is 21.3. The SMILES string of the molecule is COc1ccc2c(Cn3c(C)c(O)n(-c4ccc(OC(F)(F)F)cc4)c3=O)ccnc2c1. The Morgan fingerprint density at radius 1 is 1.06 bits per heavy atom. The summed E-state index contributed by atoms with van der Waals surface area (Å²) in [5.41, 5.74) is 1.46. The van der Waals surface area contributed by atoms with Gasteiger partial charge in [0.15, 0.2) is 0 Å². The van der Waals surface area contributed by atoms with Crippen LogP contribution in [0.5, 0.6) is 17.4 Å². The molecular weight excluding hydrogens is 427 g/mol. The summed E-state index contributed by atoms with van der Waals surface area (Å²) in [6.45, 7) is 1.74. The molecule has 0 aliphatic rings. The van der Waals surface area contributed by atoms with Gasteiger partial charge in [-0.15, -0.1) is 13.2 Å². The van der Waals surface area contributed by atoms with E-state index < -0.39 is 17.8 Å². The minimum atomic E-state index is -4.82. The third-order valence-electron chi connectivity index (χ3n) is 5.06. The topological polar surface area (TPSA) is 78.5 Å². The molecule has 2 aromatic heterocycles. The Balaban J connectivity index is 1.72. The molecule has 1 N–H and O–H groups in total. The Morgan fingerprint density at radius 3 is 2.41 bits per heavy atom. The number of alkyl halides is 3. The van der Waals surface area contributed by atoms with Gasteiger partial charge in [0.2, 0.25) is 5.88 Å². The molecule has 166 valence electrons. The van der Waals surface area contributed by atoms with Gasteiger partial charge in [-0.1, -0.05) is 0 Å². The fourth-order valence-electron chi connectivity index (χ4n) is 3.48. The highest BCUT2D eigenvalue weighted by atomic mass is 19.4. The smallest absolute Gasteiger partial charge is 0.497 e. The predicted octanol–water partition coefficient (Wildman–Crippen LogP) is 4.16. The number of rotatable bonds is 5. The number of aromatic hydroxyl groups is 1. The van der Waals surface area contributed by atoms with E-state index in [-0.39, 0.29) is 18.1 Å². The standard InChI is InChI=1S/C22H18F3N3O4/c1-13-20(29)28(15-3-5-16(6-4-15)32-22(23,24)25)21(30)27(13)12-14-9-10-26-19-11-17(31-2)7-8-18(14)19/h3-11,29H,12H2,1-2H3. The largest absolute Gasteiger partial charge is 0.573 e. The maximum atomic E-state index is 13.1. The number of fused-ring (bicyclic) bond motifs is 1. The first-order valence-corrected chi connectivity index (χ1v) is 9.47. The number of ether oxygens (including phenoxy) is 2. The van der Waals surface area contributed by atoms with E-state index in [2.05, 4.69) is 9.72 Å². The average Bonchev–Trinajstić information content (AvgIpc) is 2.96. The summed E-state index contributed by atoms with van der Waals surface area (Å²) in [5, 5.41) is 11.4. The fourth-order valence-corrected chi connectivity index (χ4v) is 3.48. The molecule has 0 saturated carbocycles. The van der Waals surface area contributed by atoms with Gasteiger partial charge in [-0.25, -0.2) is 9.36 Å². The van der Waals surface area contributed by atoms with Gasteiger partial charge < -0.3 is 14.6 Å². The minimum Gasteiger partial charge on any atom is -0.497 e. The lowest BCUT2D eigenvalue weighted by atomic mass is 10.1. The summed E-state index contributed by atoms with van der Waals surface area (Å²) in [6.07, 6.45) is -3.20. The van der Waals surface area contributed by atoms with Crippen LogP contribution in [0.1, 0.15) is 11.3 Å². The number of methoxy groups -OCH3 is 1. The van der Waals surface area contributed by atoms with Crippen molar-refractivity contribution in [2.75, 3.05) is 7.11 Å². The quantitative estimate of drug-likeness (QED) is 0.499. The third-order valence-corrected chi connectivity index (χ3v) is 5.06. The molecule has 0 fully saturated rings. The second kappa shape index (κ2) is 7.95. The molecule has 4 aromatic rings. The van der Waals surface area contributed by atoms with Crippen LogP contribution < -0.4 is 15.2 Å². The van der Waals surface area contributed by atoms with Crippen LogP contribution in [0.15, 0.2) is 59.5 Å². The van der Waals surface area contributed by atoms with Crippen LogP contribution in [-0.2, 0) is 6.54 Å². The molecule has 7 nitrogen and oxygen atoms in total. The maximum Gasteiger partial charge on any atom is 0.573 e. The molecule has 0 bridgehead atoms. The zero-order chi connectivity index (χ0) is 23.0. The van der Waals surface area contributed by atoms with Crippen LogP contribution in [-0.4, -0.2) is 32.7 Å². The number of aromatic nitrogens is 3. The molecule has 0 aliphatic carbocycles. The summed E-state index contributed by atoms with van der Waals surface area (Å²) in [7, 11) is 1.56. The Morgan fingerprint density at radius 2 is 1.75 bits per heavy atom. The molecule has 0 saturated heterocycles. The highest BCUT2D eigenvalue weighted by Crippen LogP contribution is 2.27. The Kier molecular flexibility index (Phi) is 5.29. The van der Waals surface area contributed by atoms with Gasteiger partial charge in [0.05, 0.1) is 30.6 Å². The molecule has 4 rings (SSSR count). The second-order valence-corrected chi connectivity index (χ2v) is 7.01. The molecule has 10 heteroatoms. The van der Waals surface area contributed by atoms with Crippen LogP contribution in [0, 0.1) is 6.92 Å². The number of hydrogen-bond acceptors (Lipinski definition) is 5. The molecular formula is C22H18F3N3O4. The van der Waals surface area contributed by atoms with Crippen LogP contribution in [0.25, 0.3) is 16.6 Å². The van der Waals surface area contributed by atoms with Gasteiger partial charge in [-0.05, 0) is 55.0 Å². The summed E-state index contributed by atoms with van der Waals surface area (Å²) in [6, 6.07) is 11.9. The van der Waals surface area contributed by atoms with E-state index in [0.29, 0.717) is 17.0 Å². The fraction of sp³-hybridized carbons (Fsp3) is 0.182. The van der Waals surface area contributed by atoms with Crippen LogP contribution in [0.4, 0.5) is 13.2 Å². The molecule has 32 heavy (non-hydrogen) atoms. The van der Waals surface area contributed by atoms with Gasteiger partial charge in [-0.3, -0.25) is 9.55 Å². The summed E-state index contributed by atoms with van der Waals surface area (Å²) < 4.78 is 48.6. The van der Waals surface area contributed by atoms with Crippen molar-refractivity contribution < 1.29 is 27.8 Å². The molecule has 0 amide bonds. The molecule has 0 spiro atoms. The van der Waals surface area contributed by atoms with Gasteiger partial charge in [0.1, 0.15) is 11.5 Å². The first-order valence-electron chi connectivity index (χ1n) is 9.47. The van der Waals surface area contributed by atoms with Crippen LogP contribution in [0.2, 0.25) is 0 Å². The number of pyridine rings is 1. The van der Waals surface area contributed by atoms with Crippen molar-refractivity contribution in [3.05, 3.63) is 76.5 Å². The summed E-state index contributed by atoms with van der Waals surface area (Å²) >= 11 is 0. The zero-order valence-corrected chi connectivity index (χ0v) is 17.1. The molecule has 2 aromatic carbocycles. The monoisotopic (exact) mass is 445 g/mol. The van der Waals surface area contributed by atoms with E-state index in [1.54, 1.807) is 38.4 Å². The van der Waals surface area contributed by atoms with Crippen molar-refractivity contribution in [2.24, 2.45) is 0 Å². The number of hydrogen-bond donors (Lipinski definition) is 1. The predicted molar refractivity (Wildman–Crippen MR) is 111 cm³/mol. The van der Waals surface area contributed by atoms with Crippen molar-refractivity contribution in [3.8, 4) is 23.1 Å². The first-order chi connectivity index (χ1) is 15.2. The highest BCUT2D eigenvalue weighted by Gasteiger charge is 2.31. The maximum absolute atomic E-state index is 13.1. The van der Waals surface area contributed by atoms with E-state index in [1.807, 2.05) is 6.07 Å². The van der Waals surface area contributed by atoms with E-state index >= 15 is 0 Å². The van der Waals surface area contributed by atoms with Gasteiger partial charge in [0, 0.05) is 17.6 Å². The van der Waals surface area contributed by atoms with Crippen molar-refractivity contribution in [3.63, 3.8) is 0 Å². The Labute approximate surface area is 179 Å². The lowest BCUT2D eigenvalue weighted by Gasteiger charge is -2.10. The number of nitrogens with zero attached hydrogens (tertiary/aromatic N) is 3. The molecule has 2 heterocycles. The third kappa shape index (κ3) is 3.98. The number of halogens is 3. The Hall–Kier alpha value is -3.95. The summed E-state index contributed by atoms with van der Waals surface area (Å²) in [4.78, 5) is 17.4.